The maximum Gasteiger partial charge on any atom is 0.270 e. The lowest BCUT2D eigenvalue weighted by molar-refractivity contribution is -0.119. The first-order valence-electron chi connectivity index (χ1n) is 10.1. The van der Waals surface area contributed by atoms with Gasteiger partial charge in [-0.2, -0.15) is 5.10 Å². The van der Waals surface area contributed by atoms with Crippen LogP contribution in [-0.4, -0.2) is 44.6 Å². The van der Waals surface area contributed by atoms with Crippen LogP contribution in [0, 0.1) is 37.2 Å². The summed E-state index contributed by atoms with van der Waals surface area (Å²) in [4.78, 5) is 30.1. The van der Waals surface area contributed by atoms with Gasteiger partial charge in [-0.05, 0) is 32.4 Å². The highest BCUT2D eigenvalue weighted by Crippen LogP contribution is 2.27. The number of aromatic nitrogens is 3. The van der Waals surface area contributed by atoms with E-state index in [-0.39, 0.29) is 18.1 Å². The Morgan fingerprint density at radius 3 is 2.47 bits per heavy atom. The average molecular weight is 445 g/mol. The molecule has 1 aliphatic heterocycles. The van der Waals surface area contributed by atoms with Gasteiger partial charge in [0.05, 0.1) is 11.6 Å². The summed E-state index contributed by atoms with van der Waals surface area (Å²) < 4.78 is 41.6. The number of carbonyl (C=O) groups excluding carboxylic acids is 2. The van der Waals surface area contributed by atoms with Crippen LogP contribution in [-0.2, 0) is 11.8 Å². The number of aryl methyl sites for hydroxylation is 2. The molecule has 0 saturated carbocycles. The molecule has 2 aromatic heterocycles. The van der Waals surface area contributed by atoms with Gasteiger partial charge in [-0.25, -0.2) is 13.2 Å². The number of hydrogen-bond donors (Lipinski definition) is 2. The van der Waals surface area contributed by atoms with E-state index in [4.69, 9.17) is 0 Å². The van der Waals surface area contributed by atoms with Crippen molar-refractivity contribution in [2.45, 2.75) is 20.3 Å². The molecule has 2 N–H and O–H groups in total. The molecule has 10 heteroatoms. The smallest absolute Gasteiger partial charge is 0.270 e. The molecule has 0 radical (unpaired) electrons. The second-order valence-corrected chi connectivity index (χ2v) is 7.94. The number of aromatic amines is 1. The van der Waals surface area contributed by atoms with Crippen molar-refractivity contribution in [1.29, 1.82) is 0 Å². The Kier molecular flexibility index (Phi) is 5.53. The topological polar surface area (TPSA) is 83.0 Å². The second-order valence-electron chi connectivity index (χ2n) is 7.94. The van der Waals surface area contributed by atoms with Crippen LogP contribution in [0.3, 0.4) is 0 Å². The van der Waals surface area contributed by atoms with E-state index < -0.39 is 29.3 Å². The molecular weight excluding hydrogens is 423 g/mol. The first kappa shape index (κ1) is 21.7. The molecule has 1 fully saturated rings. The first-order valence-corrected chi connectivity index (χ1v) is 10.1. The molecule has 1 saturated heterocycles. The predicted molar refractivity (Wildman–Crippen MR) is 111 cm³/mol. The van der Waals surface area contributed by atoms with E-state index in [0.717, 1.165) is 34.8 Å². The zero-order valence-electron chi connectivity index (χ0n) is 17.8. The maximum absolute atomic E-state index is 13.4. The van der Waals surface area contributed by atoms with Crippen molar-refractivity contribution in [3.63, 3.8) is 0 Å². The molecule has 1 aromatic carbocycles. The summed E-state index contributed by atoms with van der Waals surface area (Å²) in [5.74, 6) is -5.64. The van der Waals surface area contributed by atoms with Gasteiger partial charge in [0.15, 0.2) is 17.5 Å². The van der Waals surface area contributed by atoms with Gasteiger partial charge in [-0.15, -0.1) is 0 Å². The third-order valence-corrected chi connectivity index (χ3v) is 5.79. The number of rotatable bonds is 4. The number of H-pyrrole nitrogens is 1. The van der Waals surface area contributed by atoms with Crippen LogP contribution < -0.4 is 5.32 Å². The van der Waals surface area contributed by atoms with Gasteiger partial charge in [0, 0.05) is 54.9 Å². The number of nitrogens with zero attached hydrogens (tertiary/aromatic N) is 3. The number of likely N-dealkylation sites (tertiary alicyclic amines) is 1. The molecule has 168 valence electrons. The van der Waals surface area contributed by atoms with Crippen LogP contribution in [0.15, 0.2) is 24.3 Å². The van der Waals surface area contributed by atoms with E-state index in [2.05, 4.69) is 15.4 Å². The van der Waals surface area contributed by atoms with Gasteiger partial charge < -0.3 is 15.2 Å². The molecule has 3 aromatic rings. The van der Waals surface area contributed by atoms with E-state index in [0.29, 0.717) is 18.7 Å². The fourth-order valence-electron chi connectivity index (χ4n) is 4.03. The Balaban J connectivity index is 1.43. The third-order valence-electron chi connectivity index (χ3n) is 5.79. The molecule has 3 heterocycles. The highest BCUT2D eigenvalue weighted by Gasteiger charge is 2.32. The van der Waals surface area contributed by atoms with Crippen molar-refractivity contribution >= 4 is 17.5 Å². The number of anilines is 1. The SMILES string of the molecule is Cc1nn(C)c(C)c1-c1ccc(C(=O)N2CCC(C(=O)Nc3cc(F)c(F)c(F)c3)C2)[nH]1. The van der Waals surface area contributed by atoms with Crippen LogP contribution in [0.2, 0.25) is 0 Å². The van der Waals surface area contributed by atoms with Crippen LogP contribution >= 0.6 is 0 Å². The van der Waals surface area contributed by atoms with E-state index in [9.17, 15) is 22.8 Å². The van der Waals surface area contributed by atoms with Gasteiger partial charge >= 0.3 is 0 Å². The summed E-state index contributed by atoms with van der Waals surface area (Å²) in [7, 11) is 1.85. The van der Waals surface area contributed by atoms with Crippen LogP contribution in [0.25, 0.3) is 11.3 Å². The normalized spacial score (nSPS) is 15.9. The molecule has 0 bridgehead atoms. The molecule has 32 heavy (non-hydrogen) atoms. The fraction of sp³-hybridized carbons (Fsp3) is 0.318. The Bertz CT molecular complexity index is 1190. The quantitative estimate of drug-likeness (QED) is 0.603. The Morgan fingerprint density at radius 2 is 1.84 bits per heavy atom. The van der Waals surface area contributed by atoms with Crippen molar-refractivity contribution in [2.75, 3.05) is 18.4 Å². The summed E-state index contributed by atoms with van der Waals surface area (Å²) in [5.41, 5.74) is 3.75. The molecule has 7 nitrogen and oxygen atoms in total. The highest BCUT2D eigenvalue weighted by atomic mass is 19.2. The minimum absolute atomic E-state index is 0.163. The number of halogens is 3. The van der Waals surface area contributed by atoms with Gasteiger partial charge in [-0.1, -0.05) is 0 Å². The zero-order valence-corrected chi connectivity index (χ0v) is 17.8. The van der Waals surface area contributed by atoms with Gasteiger partial charge in [0.25, 0.3) is 5.91 Å². The summed E-state index contributed by atoms with van der Waals surface area (Å²) in [5, 5.41) is 6.78. The fourth-order valence-corrected chi connectivity index (χ4v) is 4.03. The van der Waals surface area contributed by atoms with Crippen molar-refractivity contribution in [2.24, 2.45) is 13.0 Å². The number of carbonyl (C=O) groups is 2. The summed E-state index contributed by atoms with van der Waals surface area (Å²) in [6, 6.07) is 4.96. The monoisotopic (exact) mass is 445 g/mol. The van der Waals surface area contributed by atoms with E-state index >= 15 is 0 Å². The van der Waals surface area contributed by atoms with Crippen molar-refractivity contribution in [1.82, 2.24) is 19.7 Å². The van der Waals surface area contributed by atoms with Crippen LogP contribution in [0.5, 0.6) is 0 Å². The lowest BCUT2D eigenvalue weighted by Gasteiger charge is -2.16. The minimum atomic E-state index is -1.59. The molecule has 2 amide bonds. The second kappa shape index (κ2) is 8.18. The zero-order chi connectivity index (χ0) is 23.2. The summed E-state index contributed by atoms with van der Waals surface area (Å²) in [6.45, 7) is 4.37. The van der Waals surface area contributed by atoms with Crippen LogP contribution in [0.4, 0.5) is 18.9 Å². The van der Waals surface area contributed by atoms with Crippen molar-refractivity contribution < 1.29 is 22.8 Å². The lowest BCUT2D eigenvalue weighted by Crippen LogP contribution is -2.31. The molecule has 1 atom stereocenters. The Morgan fingerprint density at radius 1 is 1.16 bits per heavy atom. The maximum atomic E-state index is 13.4. The van der Waals surface area contributed by atoms with E-state index in [1.807, 2.05) is 27.0 Å². The molecule has 0 spiro atoms. The van der Waals surface area contributed by atoms with Gasteiger partial charge in [-0.3, -0.25) is 14.3 Å². The molecule has 1 aliphatic rings. The third kappa shape index (κ3) is 3.88. The number of nitrogens with one attached hydrogen (secondary N) is 2. The molecule has 4 rings (SSSR count). The number of hydrogen-bond acceptors (Lipinski definition) is 3. The molecule has 0 aliphatic carbocycles. The summed E-state index contributed by atoms with van der Waals surface area (Å²) >= 11 is 0. The number of amides is 2. The van der Waals surface area contributed by atoms with Crippen LogP contribution in [0.1, 0.15) is 28.3 Å². The van der Waals surface area contributed by atoms with Gasteiger partial charge in [0.2, 0.25) is 5.91 Å². The average Bonchev–Trinajstić information content (AvgIpc) is 3.46. The highest BCUT2D eigenvalue weighted by molar-refractivity contribution is 5.96. The Labute approximate surface area is 182 Å². The lowest BCUT2D eigenvalue weighted by atomic mass is 10.1. The predicted octanol–water partition coefficient (Wildman–Crippen LogP) is 3.55. The molecular formula is C22H22F3N5O2. The van der Waals surface area contributed by atoms with Crippen molar-refractivity contribution in [3.05, 3.63) is 58.8 Å². The van der Waals surface area contributed by atoms with E-state index in [1.54, 1.807) is 15.6 Å². The Hall–Kier alpha value is -3.56. The molecule has 1 unspecified atom stereocenters. The van der Waals surface area contributed by atoms with Crippen molar-refractivity contribution in [3.8, 4) is 11.3 Å². The standard InChI is InChI=1S/C22H22F3N5O2/c1-11-19(12(2)29(3)28-11)17-4-5-18(27-17)22(32)30-7-6-13(10-30)21(31)26-14-8-15(23)20(25)16(24)9-14/h4-5,8-9,13,27H,6-7,10H2,1-3H3,(H,26,31). The first-order chi connectivity index (χ1) is 15.2. The van der Waals surface area contributed by atoms with Gasteiger partial charge in [0.1, 0.15) is 5.69 Å². The minimum Gasteiger partial charge on any atom is -0.350 e. The largest absolute Gasteiger partial charge is 0.350 e. The summed E-state index contributed by atoms with van der Waals surface area (Å²) in [6.07, 6.45) is 0.401. The number of benzene rings is 1. The van der Waals surface area contributed by atoms with E-state index in [1.165, 1.54) is 0 Å².